The Kier molecular flexibility index (Phi) is 6.40. The van der Waals surface area contributed by atoms with Crippen molar-refractivity contribution in [1.29, 1.82) is 0 Å². The molecular formula is C26H35N3O4S. The van der Waals surface area contributed by atoms with E-state index >= 15 is 0 Å². The molecule has 3 amide bonds. The number of likely N-dealkylation sites (tertiary alicyclic amines) is 1. The van der Waals surface area contributed by atoms with Crippen molar-refractivity contribution >= 4 is 29.5 Å². The molecule has 1 saturated carbocycles. The largest absolute Gasteiger partial charge is 0.395 e. The van der Waals surface area contributed by atoms with Crippen LogP contribution in [0.1, 0.15) is 57.4 Å². The summed E-state index contributed by atoms with van der Waals surface area (Å²) in [5, 5.41) is 16.0. The summed E-state index contributed by atoms with van der Waals surface area (Å²) in [6, 6.07) is 9.25. The Morgan fingerprint density at radius 1 is 1.12 bits per heavy atom. The van der Waals surface area contributed by atoms with E-state index in [4.69, 9.17) is 0 Å². The van der Waals surface area contributed by atoms with E-state index < -0.39 is 22.6 Å². The van der Waals surface area contributed by atoms with Gasteiger partial charge < -0.3 is 20.6 Å². The van der Waals surface area contributed by atoms with Crippen molar-refractivity contribution < 1.29 is 19.5 Å². The minimum Gasteiger partial charge on any atom is -0.395 e. The van der Waals surface area contributed by atoms with Crippen LogP contribution in [0.25, 0.3) is 0 Å². The summed E-state index contributed by atoms with van der Waals surface area (Å²) in [6.07, 6.45) is 6.89. The molecule has 3 saturated heterocycles. The number of nitrogens with one attached hydrogen (secondary N) is 2. The van der Waals surface area contributed by atoms with Crippen LogP contribution >= 0.6 is 11.8 Å². The second-order valence-electron chi connectivity index (χ2n) is 10.5. The fourth-order valence-corrected chi connectivity index (χ4v) is 9.25. The average Bonchev–Trinajstić information content (AvgIpc) is 3.40. The van der Waals surface area contributed by atoms with Gasteiger partial charge in [0.15, 0.2) is 0 Å². The number of hydrogen-bond donors (Lipinski definition) is 3. The van der Waals surface area contributed by atoms with E-state index in [2.05, 4.69) is 17.6 Å². The number of fused-ring (bicyclic) bond motifs is 1. The third-order valence-electron chi connectivity index (χ3n) is 8.41. The molecule has 0 radical (unpaired) electrons. The van der Waals surface area contributed by atoms with Gasteiger partial charge in [0.1, 0.15) is 6.04 Å². The molecule has 1 aliphatic carbocycles. The number of thioether (sulfide) groups is 1. The van der Waals surface area contributed by atoms with Crippen molar-refractivity contribution in [2.75, 3.05) is 13.2 Å². The van der Waals surface area contributed by atoms with Gasteiger partial charge in [-0.3, -0.25) is 14.4 Å². The minimum absolute atomic E-state index is 0.113. The van der Waals surface area contributed by atoms with E-state index in [0.29, 0.717) is 6.54 Å². The number of aliphatic hydroxyl groups excluding tert-OH is 1. The summed E-state index contributed by atoms with van der Waals surface area (Å²) in [4.78, 5) is 42.5. The molecule has 5 atom stereocenters. The number of aliphatic hydroxyl groups is 1. The van der Waals surface area contributed by atoms with Gasteiger partial charge in [0.05, 0.1) is 23.2 Å². The van der Waals surface area contributed by atoms with E-state index in [1.807, 2.05) is 30.3 Å². The number of β-amino-alcohol motifs (C(OH)–C–C–N with tert-alkyl or cyclic N) is 1. The summed E-state index contributed by atoms with van der Waals surface area (Å²) in [5.74, 6) is -1.42. The Morgan fingerprint density at radius 2 is 1.85 bits per heavy atom. The second kappa shape index (κ2) is 9.19. The number of rotatable bonds is 7. The quantitative estimate of drug-likeness (QED) is 0.550. The van der Waals surface area contributed by atoms with Gasteiger partial charge in [-0.05, 0) is 38.2 Å². The Balaban J connectivity index is 1.41. The summed E-state index contributed by atoms with van der Waals surface area (Å²) >= 11 is 1.68. The molecule has 1 spiro atoms. The van der Waals surface area contributed by atoms with Gasteiger partial charge in [-0.2, -0.15) is 0 Å². The first-order valence-electron chi connectivity index (χ1n) is 12.6. The number of carbonyl (C=O) groups excluding carboxylic acids is 3. The summed E-state index contributed by atoms with van der Waals surface area (Å²) in [6.45, 7) is 2.41. The van der Waals surface area contributed by atoms with Gasteiger partial charge in [0.2, 0.25) is 17.7 Å². The van der Waals surface area contributed by atoms with Crippen LogP contribution in [-0.4, -0.2) is 62.5 Å². The minimum atomic E-state index is -0.641. The highest BCUT2D eigenvalue weighted by atomic mass is 32.2. The predicted molar refractivity (Wildman–Crippen MR) is 131 cm³/mol. The fourth-order valence-electron chi connectivity index (χ4n) is 6.90. The lowest BCUT2D eigenvalue weighted by Gasteiger charge is -2.35. The normalized spacial score (nSPS) is 34.8. The van der Waals surface area contributed by atoms with Gasteiger partial charge in [-0.25, -0.2) is 0 Å². The van der Waals surface area contributed by atoms with Crippen molar-refractivity contribution in [2.45, 2.75) is 80.0 Å². The molecule has 1 aromatic carbocycles. The third-order valence-corrected chi connectivity index (χ3v) is 10.4. The van der Waals surface area contributed by atoms with Crippen LogP contribution in [0.4, 0.5) is 0 Å². The predicted octanol–water partition coefficient (Wildman–Crippen LogP) is 2.23. The third kappa shape index (κ3) is 3.83. The Morgan fingerprint density at radius 3 is 2.56 bits per heavy atom. The van der Waals surface area contributed by atoms with E-state index in [1.54, 1.807) is 16.7 Å². The molecular weight excluding hydrogens is 450 g/mol. The van der Waals surface area contributed by atoms with Crippen molar-refractivity contribution in [3.05, 3.63) is 35.9 Å². The van der Waals surface area contributed by atoms with Gasteiger partial charge in [-0.15, -0.1) is 11.8 Å². The first kappa shape index (κ1) is 23.7. The molecule has 2 unspecified atom stereocenters. The molecule has 34 heavy (non-hydrogen) atoms. The van der Waals surface area contributed by atoms with Crippen LogP contribution in [0, 0.1) is 11.8 Å². The summed E-state index contributed by atoms with van der Waals surface area (Å²) in [5.41, 5.74) is 1.01. The van der Waals surface area contributed by atoms with Gasteiger partial charge in [0.25, 0.3) is 0 Å². The molecule has 184 valence electrons. The van der Waals surface area contributed by atoms with Crippen LogP contribution < -0.4 is 10.6 Å². The Hall–Kier alpha value is -2.06. The standard InChI is InChI=1S/C26H35N3O4S/c1-25-12-13-26(34-25)20(19(25)22(31)27-16-17-8-4-2-5-9-17)24(33)29(14-15-30)21(26)23(32)28-18-10-6-3-7-11-18/h2,4-5,8-9,18-21,30H,3,6-7,10-16H2,1H3,(H,27,31)(H,28,32)/t19-,20-,21?,25+,26?/m0/s1. The Bertz CT molecular complexity index is 953. The van der Waals surface area contributed by atoms with Gasteiger partial charge >= 0.3 is 0 Å². The van der Waals surface area contributed by atoms with Crippen molar-refractivity contribution in [2.24, 2.45) is 11.8 Å². The topological polar surface area (TPSA) is 98.7 Å². The number of carbonyl (C=O) groups is 3. The SMILES string of the molecule is C[C@]12CCC3(S1)C(C(=O)NC1CCCCC1)N(CCO)C(=O)[C@@H]3[C@H]2C(=O)NCc1ccccc1. The molecule has 1 aromatic rings. The van der Waals surface area contributed by atoms with Crippen molar-refractivity contribution in [3.8, 4) is 0 Å². The highest BCUT2D eigenvalue weighted by Gasteiger charge is 2.77. The van der Waals surface area contributed by atoms with E-state index in [0.717, 1.165) is 44.1 Å². The highest BCUT2D eigenvalue weighted by molar-refractivity contribution is 8.02. The number of amides is 3. The Labute approximate surface area is 205 Å². The first-order chi connectivity index (χ1) is 16.4. The van der Waals surface area contributed by atoms with Gasteiger partial charge in [0, 0.05) is 23.9 Å². The van der Waals surface area contributed by atoms with Crippen molar-refractivity contribution in [3.63, 3.8) is 0 Å². The fraction of sp³-hybridized carbons (Fsp3) is 0.654. The molecule has 3 heterocycles. The summed E-state index contributed by atoms with van der Waals surface area (Å²) < 4.78 is -0.996. The van der Waals surface area contributed by atoms with E-state index in [-0.39, 0.29) is 41.7 Å². The van der Waals surface area contributed by atoms with Crippen LogP contribution in [0.2, 0.25) is 0 Å². The number of nitrogens with zero attached hydrogens (tertiary/aromatic N) is 1. The molecule has 8 heteroatoms. The monoisotopic (exact) mass is 485 g/mol. The number of hydrogen-bond acceptors (Lipinski definition) is 5. The maximum absolute atomic E-state index is 13.7. The zero-order valence-corrected chi connectivity index (χ0v) is 20.6. The lowest BCUT2D eigenvalue weighted by molar-refractivity contribution is -0.141. The van der Waals surface area contributed by atoms with Crippen molar-refractivity contribution in [1.82, 2.24) is 15.5 Å². The lowest BCUT2D eigenvalue weighted by Crippen LogP contribution is -2.56. The molecule has 5 rings (SSSR count). The van der Waals surface area contributed by atoms with E-state index in [1.165, 1.54) is 6.42 Å². The summed E-state index contributed by atoms with van der Waals surface area (Å²) in [7, 11) is 0. The molecule has 0 aromatic heterocycles. The van der Waals surface area contributed by atoms with Crippen LogP contribution in [0.15, 0.2) is 30.3 Å². The first-order valence-corrected chi connectivity index (χ1v) is 13.4. The van der Waals surface area contributed by atoms with E-state index in [9.17, 15) is 19.5 Å². The molecule has 3 aliphatic heterocycles. The molecule has 7 nitrogen and oxygen atoms in total. The molecule has 3 N–H and O–H groups in total. The van der Waals surface area contributed by atoms with Crippen LogP contribution in [0.3, 0.4) is 0 Å². The van der Waals surface area contributed by atoms with Crippen LogP contribution in [-0.2, 0) is 20.9 Å². The molecule has 4 fully saturated rings. The molecule has 4 aliphatic rings. The zero-order chi connectivity index (χ0) is 23.9. The lowest BCUT2D eigenvalue weighted by atomic mass is 9.66. The maximum atomic E-state index is 13.7. The van der Waals surface area contributed by atoms with Crippen LogP contribution in [0.5, 0.6) is 0 Å². The molecule has 2 bridgehead atoms. The van der Waals surface area contributed by atoms with Gasteiger partial charge in [-0.1, -0.05) is 49.6 Å². The number of benzene rings is 1. The smallest absolute Gasteiger partial charge is 0.244 e. The zero-order valence-electron chi connectivity index (χ0n) is 19.8. The highest BCUT2D eigenvalue weighted by Crippen LogP contribution is 2.71. The maximum Gasteiger partial charge on any atom is 0.244 e. The second-order valence-corrected chi connectivity index (χ2v) is 12.4. The average molecular weight is 486 g/mol.